The molecule has 0 bridgehead atoms. The minimum absolute atomic E-state index is 0.0382. The number of esters is 1. The van der Waals surface area contributed by atoms with E-state index in [1.807, 2.05) is 6.26 Å². The summed E-state index contributed by atoms with van der Waals surface area (Å²) in [6.45, 7) is 1.56. The van der Waals surface area contributed by atoms with Gasteiger partial charge < -0.3 is 9.53 Å². The molecule has 0 amide bonds. The lowest BCUT2D eigenvalue weighted by Crippen LogP contribution is -2.16. The molecule has 20 heavy (non-hydrogen) atoms. The molecule has 1 atom stereocenters. The number of ketones is 2. The van der Waals surface area contributed by atoms with Gasteiger partial charge in [0.15, 0.2) is 0 Å². The fourth-order valence-electron chi connectivity index (χ4n) is 2.01. The number of hydrogen-bond acceptors (Lipinski definition) is 5. The van der Waals surface area contributed by atoms with E-state index in [-0.39, 0.29) is 23.5 Å². The number of carbonyl (C=O) groups is 3. The van der Waals surface area contributed by atoms with Crippen LogP contribution in [0.5, 0.6) is 0 Å². The molecule has 0 aromatic heterocycles. The Labute approximate surface area is 126 Å². The summed E-state index contributed by atoms with van der Waals surface area (Å²) in [6, 6.07) is 0. The molecular weight excluding hydrogens is 276 g/mol. The van der Waals surface area contributed by atoms with Crippen molar-refractivity contribution in [3.63, 3.8) is 0 Å². The Balaban J connectivity index is 4.12. The average Bonchev–Trinajstić information content (AvgIpc) is 2.43. The highest BCUT2D eigenvalue weighted by Crippen LogP contribution is 2.19. The zero-order chi connectivity index (χ0) is 15.4. The first-order valence-electron chi connectivity index (χ1n) is 7.09. The van der Waals surface area contributed by atoms with Crippen LogP contribution >= 0.6 is 11.8 Å². The van der Waals surface area contributed by atoms with E-state index < -0.39 is 0 Å². The van der Waals surface area contributed by atoms with Gasteiger partial charge in [0.2, 0.25) is 0 Å². The maximum Gasteiger partial charge on any atom is 0.305 e. The van der Waals surface area contributed by atoms with Crippen molar-refractivity contribution in [1.82, 2.24) is 0 Å². The molecule has 4 nitrogen and oxygen atoms in total. The molecule has 0 aliphatic carbocycles. The number of thioether (sulfide) groups is 1. The number of Topliss-reactive ketones (excluding diaryl/α,β-unsaturated/α-hetero) is 2. The third-order valence-electron chi connectivity index (χ3n) is 3.26. The van der Waals surface area contributed by atoms with Gasteiger partial charge in [-0.1, -0.05) is 6.42 Å². The molecule has 1 unspecified atom stereocenters. The Morgan fingerprint density at radius 3 is 2.30 bits per heavy atom. The van der Waals surface area contributed by atoms with E-state index in [0.717, 1.165) is 25.0 Å². The highest BCUT2D eigenvalue weighted by atomic mass is 32.2. The lowest BCUT2D eigenvalue weighted by atomic mass is 9.90. The van der Waals surface area contributed by atoms with Gasteiger partial charge in [0.05, 0.1) is 7.11 Å². The number of unbranched alkanes of at least 4 members (excludes halogenated alkanes) is 1. The zero-order valence-electron chi connectivity index (χ0n) is 12.8. The van der Waals surface area contributed by atoms with Gasteiger partial charge in [-0.3, -0.25) is 9.59 Å². The van der Waals surface area contributed by atoms with Crippen LogP contribution in [-0.2, 0) is 19.1 Å². The number of hydrogen-bond donors (Lipinski definition) is 0. The fourth-order valence-corrected chi connectivity index (χ4v) is 2.42. The Hall–Kier alpha value is -0.840. The van der Waals surface area contributed by atoms with Crippen molar-refractivity contribution < 1.29 is 19.1 Å². The molecule has 116 valence electrons. The summed E-state index contributed by atoms with van der Waals surface area (Å²) in [6.07, 6.45) is 6.37. The van der Waals surface area contributed by atoms with Crippen molar-refractivity contribution in [2.24, 2.45) is 5.92 Å². The van der Waals surface area contributed by atoms with Crippen LogP contribution in [0.15, 0.2) is 0 Å². The predicted octanol–water partition coefficient (Wildman–Crippen LogP) is 3.03. The zero-order valence-corrected chi connectivity index (χ0v) is 13.6. The van der Waals surface area contributed by atoms with E-state index in [9.17, 15) is 14.4 Å². The first-order chi connectivity index (χ1) is 9.51. The largest absolute Gasteiger partial charge is 0.469 e. The van der Waals surface area contributed by atoms with Gasteiger partial charge in [-0.15, -0.1) is 0 Å². The topological polar surface area (TPSA) is 60.4 Å². The van der Waals surface area contributed by atoms with Gasteiger partial charge >= 0.3 is 5.97 Å². The molecule has 0 saturated heterocycles. The molecule has 0 fully saturated rings. The highest BCUT2D eigenvalue weighted by molar-refractivity contribution is 7.98. The summed E-state index contributed by atoms with van der Waals surface area (Å²) in [5.74, 6) is 0.959. The summed E-state index contributed by atoms with van der Waals surface area (Å²) in [5.41, 5.74) is 0. The molecule has 0 heterocycles. The van der Waals surface area contributed by atoms with Gasteiger partial charge in [0.25, 0.3) is 0 Å². The van der Waals surface area contributed by atoms with E-state index in [0.29, 0.717) is 25.7 Å². The molecule has 0 aliphatic rings. The summed E-state index contributed by atoms with van der Waals surface area (Å²) in [4.78, 5) is 34.2. The lowest BCUT2D eigenvalue weighted by Gasteiger charge is -2.14. The van der Waals surface area contributed by atoms with Crippen molar-refractivity contribution in [2.75, 3.05) is 19.1 Å². The van der Waals surface area contributed by atoms with E-state index in [1.54, 1.807) is 18.7 Å². The SMILES string of the molecule is COC(=O)CCCCC(CCC(C)=O)C(=O)CCSC. The van der Waals surface area contributed by atoms with Gasteiger partial charge in [0, 0.05) is 25.2 Å². The number of carbonyl (C=O) groups excluding carboxylic acids is 3. The summed E-state index contributed by atoms with van der Waals surface area (Å²) in [7, 11) is 1.38. The minimum atomic E-state index is -0.209. The summed E-state index contributed by atoms with van der Waals surface area (Å²) < 4.78 is 4.58. The third kappa shape index (κ3) is 10.0. The molecule has 0 saturated carbocycles. The second-order valence-electron chi connectivity index (χ2n) is 4.97. The van der Waals surface area contributed by atoms with Crippen molar-refractivity contribution in [3.05, 3.63) is 0 Å². The molecule has 0 radical (unpaired) electrons. The quantitative estimate of drug-likeness (QED) is 0.409. The Kier molecular flexibility index (Phi) is 11.4. The van der Waals surface area contributed by atoms with Crippen LogP contribution in [0.25, 0.3) is 0 Å². The minimum Gasteiger partial charge on any atom is -0.469 e. The van der Waals surface area contributed by atoms with E-state index in [1.165, 1.54) is 7.11 Å². The van der Waals surface area contributed by atoms with E-state index >= 15 is 0 Å². The van der Waals surface area contributed by atoms with Crippen molar-refractivity contribution in [1.29, 1.82) is 0 Å². The van der Waals surface area contributed by atoms with Crippen LogP contribution in [0.3, 0.4) is 0 Å². The van der Waals surface area contributed by atoms with Crippen molar-refractivity contribution in [2.45, 2.75) is 51.9 Å². The molecule has 5 heteroatoms. The van der Waals surface area contributed by atoms with Crippen molar-refractivity contribution in [3.8, 4) is 0 Å². The lowest BCUT2D eigenvalue weighted by molar-refractivity contribution is -0.140. The molecule has 0 aromatic rings. The smallest absolute Gasteiger partial charge is 0.305 e. The van der Waals surface area contributed by atoms with Gasteiger partial charge in [0.1, 0.15) is 11.6 Å². The van der Waals surface area contributed by atoms with E-state index in [2.05, 4.69) is 4.74 Å². The molecule has 0 aromatic carbocycles. The van der Waals surface area contributed by atoms with Gasteiger partial charge in [-0.25, -0.2) is 0 Å². The van der Waals surface area contributed by atoms with Gasteiger partial charge in [-0.05, 0) is 38.2 Å². The van der Waals surface area contributed by atoms with Crippen molar-refractivity contribution >= 4 is 29.3 Å². The van der Waals surface area contributed by atoms with Crippen LogP contribution in [0, 0.1) is 5.92 Å². The van der Waals surface area contributed by atoms with Crippen LogP contribution in [0.4, 0.5) is 0 Å². The molecule has 0 spiro atoms. The first-order valence-corrected chi connectivity index (χ1v) is 8.48. The molecule has 0 rings (SSSR count). The monoisotopic (exact) mass is 302 g/mol. The third-order valence-corrected chi connectivity index (χ3v) is 3.88. The predicted molar refractivity (Wildman–Crippen MR) is 81.9 cm³/mol. The second-order valence-corrected chi connectivity index (χ2v) is 5.95. The average molecular weight is 302 g/mol. The van der Waals surface area contributed by atoms with Crippen LogP contribution in [0.2, 0.25) is 0 Å². The number of rotatable bonds is 12. The Bertz CT molecular complexity index is 315. The van der Waals surface area contributed by atoms with Gasteiger partial charge in [-0.2, -0.15) is 11.8 Å². The summed E-state index contributed by atoms with van der Waals surface area (Å²) >= 11 is 1.66. The fraction of sp³-hybridized carbons (Fsp3) is 0.800. The number of ether oxygens (including phenoxy) is 1. The molecule has 0 N–H and O–H groups in total. The highest BCUT2D eigenvalue weighted by Gasteiger charge is 2.18. The van der Waals surface area contributed by atoms with Crippen LogP contribution in [0.1, 0.15) is 51.9 Å². The first kappa shape index (κ1) is 19.2. The summed E-state index contributed by atoms with van der Waals surface area (Å²) in [5, 5.41) is 0. The standard InChI is InChI=1S/C15H26O4S/c1-12(16)8-9-13(14(17)10-11-20-3)6-4-5-7-15(18)19-2/h13H,4-11H2,1-3H3. The van der Waals surface area contributed by atoms with E-state index in [4.69, 9.17) is 0 Å². The van der Waals surface area contributed by atoms with Crippen LogP contribution < -0.4 is 0 Å². The molecule has 0 aliphatic heterocycles. The molecular formula is C15H26O4S. The number of methoxy groups -OCH3 is 1. The maximum absolute atomic E-state index is 12.1. The Morgan fingerprint density at radius 1 is 1.05 bits per heavy atom. The maximum atomic E-state index is 12.1. The van der Waals surface area contributed by atoms with Crippen LogP contribution in [-0.4, -0.2) is 36.7 Å². The Morgan fingerprint density at radius 2 is 1.75 bits per heavy atom. The normalized spacial score (nSPS) is 11.9. The second kappa shape index (κ2) is 11.9.